The van der Waals surface area contributed by atoms with Crippen molar-refractivity contribution in [1.82, 2.24) is 20.6 Å². The quantitative estimate of drug-likeness (QED) is 0.769. The number of β-amino-alcohol motifs (C(OH)–C–C–N with tert-alkyl or cyclic N) is 1. The molecule has 6 heteroatoms. The van der Waals surface area contributed by atoms with Crippen LogP contribution in [0.5, 0.6) is 0 Å². The maximum absolute atomic E-state index is 12.1. The van der Waals surface area contributed by atoms with Crippen molar-refractivity contribution >= 4 is 5.91 Å². The number of aliphatic hydroxyl groups is 1. The molecule has 1 aromatic heterocycles. The summed E-state index contributed by atoms with van der Waals surface area (Å²) in [6.45, 7) is 1.55. The Kier molecular flexibility index (Phi) is 4.13. The molecule has 1 amide bonds. The predicted molar refractivity (Wildman–Crippen MR) is 82.2 cm³/mol. The topological polar surface area (TPSA) is 87.1 Å². The van der Waals surface area contributed by atoms with Crippen molar-refractivity contribution in [1.29, 1.82) is 0 Å². The molecule has 0 radical (unpaired) electrons. The van der Waals surface area contributed by atoms with Crippen molar-refractivity contribution in [3.8, 4) is 11.1 Å². The van der Waals surface area contributed by atoms with Crippen molar-refractivity contribution in [2.24, 2.45) is 0 Å². The predicted octanol–water partition coefficient (Wildman–Crippen LogP) is 0.598. The van der Waals surface area contributed by atoms with Crippen LogP contribution in [0.2, 0.25) is 0 Å². The highest BCUT2D eigenvalue weighted by Crippen LogP contribution is 2.18. The number of hydrogen-bond donors (Lipinski definition) is 3. The van der Waals surface area contributed by atoms with Crippen molar-refractivity contribution in [2.45, 2.75) is 12.0 Å². The van der Waals surface area contributed by atoms with Crippen LogP contribution >= 0.6 is 0 Å². The summed E-state index contributed by atoms with van der Waals surface area (Å²) in [5.74, 6) is -0.184. The van der Waals surface area contributed by atoms with Gasteiger partial charge in [0, 0.05) is 36.6 Å². The minimum absolute atomic E-state index is 0.184. The average Bonchev–Trinajstić information content (AvgIpc) is 3.01. The lowest BCUT2D eigenvalue weighted by molar-refractivity contribution is 0.0562. The molecule has 3 N–H and O–H groups in total. The van der Waals surface area contributed by atoms with Gasteiger partial charge < -0.3 is 15.7 Å². The Bertz CT molecular complexity index is 637. The van der Waals surface area contributed by atoms with Gasteiger partial charge in [0.1, 0.15) is 6.33 Å². The number of aromatic nitrogens is 2. The van der Waals surface area contributed by atoms with Crippen LogP contribution in [0.15, 0.2) is 43.0 Å². The second kappa shape index (κ2) is 6.21. The largest absolute Gasteiger partial charge is 0.387 e. The van der Waals surface area contributed by atoms with E-state index >= 15 is 0 Å². The summed E-state index contributed by atoms with van der Waals surface area (Å²) in [6, 6.07) is 7.24. The third kappa shape index (κ3) is 3.29. The number of hydrogen-bond acceptors (Lipinski definition) is 5. The first-order valence-corrected chi connectivity index (χ1v) is 7.23. The molecule has 1 aromatic carbocycles. The molecule has 1 unspecified atom stereocenters. The fourth-order valence-corrected chi connectivity index (χ4v) is 2.49. The maximum atomic E-state index is 12.1. The van der Waals surface area contributed by atoms with E-state index in [0.717, 1.165) is 17.7 Å². The lowest BCUT2D eigenvalue weighted by Crippen LogP contribution is -2.44. The van der Waals surface area contributed by atoms with Gasteiger partial charge >= 0.3 is 0 Å². The summed E-state index contributed by atoms with van der Waals surface area (Å²) in [4.78, 5) is 20.1. The third-order valence-electron chi connectivity index (χ3n) is 3.84. The van der Waals surface area contributed by atoms with Gasteiger partial charge in [0.2, 0.25) is 0 Å². The zero-order chi connectivity index (χ0) is 15.4. The molecule has 6 nitrogen and oxygen atoms in total. The zero-order valence-corrected chi connectivity index (χ0v) is 12.1. The van der Waals surface area contributed by atoms with E-state index in [-0.39, 0.29) is 12.5 Å². The molecular formula is C16H18N4O2. The molecule has 1 atom stereocenters. The summed E-state index contributed by atoms with van der Waals surface area (Å²) in [5.41, 5.74) is 1.59. The summed E-state index contributed by atoms with van der Waals surface area (Å²) >= 11 is 0. The van der Waals surface area contributed by atoms with Crippen molar-refractivity contribution in [3.05, 3.63) is 48.5 Å². The molecule has 2 heterocycles. The molecule has 1 aliphatic rings. The lowest BCUT2D eigenvalue weighted by atomic mass is 10.0. The second-order valence-electron chi connectivity index (χ2n) is 5.54. The number of nitrogens with one attached hydrogen (secondary N) is 2. The molecule has 0 spiro atoms. The normalized spacial score (nSPS) is 20.8. The monoisotopic (exact) mass is 298 g/mol. The molecule has 1 fully saturated rings. The van der Waals surface area contributed by atoms with Crippen LogP contribution in [-0.2, 0) is 0 Å². The highest BCUT2D eigenvalue weighted by atomic mass is 16.3. The number of benzene rings is 1. The number of carbonyl (C=O) groups excluding carboxylic acids is 1. The molecule has 1 saturated heterocycles. The molecular weight excluding hydrogens is 280 g/mol. The summed E-state index contributed by atoms with van der Waals surface area (Å²) in [7, 11) is 0. The van der Waals surface area contributed by atoms with Crippen LogP contribution in [0.4, 0.5) is 0 Å². The van der Waals surface area contributed by atoms with Crippen molar-refractivity contribution in [2.75, 3.05) is 19.6 Å². The van der Waals surface area contributed by atoms with E-state index in [4.69, 9.17) is 0 Å². The molecule has 0 saturated carbocycles. The lowest BCUT2D eigenvalue weighted by Gasteiger charge is -2.21. The Hall–Kier alpha value is -2.31. The van der Waals surface area contributed by atoms with E-state index in [1.807, 2.05) is 12.1 Å². The van der Waals surface area contributed by atoms with Crippen LogP contribution in [0.1, 0.15) is 16.8 Å². The fourth-order valence-electron chi connectivity index (χ4n) is 2.49. The summed E-state index contributed by atoms with van der Waals surface area (Å²) in [5, 5.41) is 16.1. The molecule has 2 aromatic rings. The maximum Gasteiger partial charge on any atom is 0.251 e. The Morgan fingerprint density at radius 1 is 1.23 bits per heavy atom. The summed E-state index contributed by atoms with van der Waals surface area (Å²) in [6.07, 6.45) is 5.59. The highest BCUT2D eigenvalue weighted by molar-refractivity contribution is 5.94. The second-order valence-corrected chi connectivity index (χ2v) is 5.54. The Labute approximate surface area is 128 Å². The van der Waals surface area contributed by atoms with Gasteiger partial charge in [-0.15, -0.1) is 0 Å². The van der Waals surface area contributed by atoms with E-state index in [1.165, 1.54) is 6.33 Å². The van der Waals surface area contributed by atoms with Gasteiger partial charge in [0.25, 0.3) is 5.91 Å². The van der Waals surface area contributed by atoms with E-state index in [9.17, 15) is 9.90 Å². The number of amides is 1. The number of rotatable bonds is 4. The van der Waals surface area contributed by atoms with E-state index in [2.05, 4.69) is 20.6 Å². The Morgan fingerprint density at radius 3 is 2.59 bits per heavy atom. The number of carbonyl (C=O) groups is 1. The molecule has 0 aliphatic carbocycles. The molecule has 0 bridgehead atoms. The van der Waals surface area contributed by atoms with Gasteiger partial charge in [-0.3, -0.25) is 4.79 Å². The van der Waals surface area contributed by atoms with Gasteiger partial charge in [-0.2, -0.15) is 0 Å². The van der Waals surface area contributed by atoms with Gasteiger partial charge in [0.05, 0.1) is 5.60 Å². The van der Waals surface area contributed by atoms with Crippen LogP contribution in [0.3, 0.4) is 0 Å². The molecule has 3 rings (SSSR count). The van der Waals surface area contributed by atoms with E-state index in [0.29, 0.717) is 18.5 Å². The number of nitrogens with zero attached hydrogens (tertiary/aromatic N) is 2. The SMILES string of the molecule is O=C(NCC1(O)CCNC1)c1ccc(-c2cncnc2)cc1. The minimum atomic E-state index is -0.836. The first kappa shape index (κ1) is 14.6. The van der Waals surface area contributed by atoms with Crippen LogP contribution in [0.25, 0.3) is 11.1 Å². The highest BCUT2D eigenvalue weighted by Gasteiger charge is 2.31. The smallest absolute Gasteiger partial charge is 0.251 e. The van der Waals surface area contributed by atoms with Crippen molar-refractivity contribution in [3.63, 3.8) is 0 Å². The average molecular weight is 298 g/mol. The Balaban J connectivity index is 1.64. The van der Waals surface area contributed by atoms with E-state index < -0.39 is 5.60 Å². The first-order chi connectivity index (χ1) is 10.7. The zero-order valence-electron chi connectivity index (χ0n) is 12.1. The molecule has 22 heavy (non-hydrogen) atoms. The van der Waals surface area contributed by atoms with Gasteiger partial charge in [-0.05, 0) is 30.7 Å². The first-order valence-electron chi connectivity index (χ1n) is 7.23. The van der Waals surface area contributed by atoms with Crippen LogP contribution in [-0.4, -0.2) is 46.2 Å². The van der Waals surface area contributed by atoms with Crippen LogP contribution < -0.4 is 10.6 Å². The fraction of sp³-hybridized carbons (Fsp3) is 0.312. The third-order valence-corrected chi connectivity index (χ3v) is 3.84. The van der Waals surface area contributed by atoms with Gasteiger partial charge in [0.15, 0.2) is 0 Å². The van der Waals surface area contributed by atoms with Gasteiger partial charge in [-0.25, -0.2) is 9.97 Å². The van der Waals surface area contributed by atoms with Gasteiger partial charge in [-0.1, -0.05) is 12.1 Å². The standard InChI is InChI=1S/C16H18N4O2/c21-15(20-10-16(22)5-6-17-9-16)13-3-1-12(2-4-13)14-7-18-11-19-8-14/h1-4,7-8,11,17,22H,5-6,9-10H2,(H,20,21). The minimum Gasteiger partial charge on any atom is -0.387 e. The summed E-state index contributed by atoms with van der Waals surface area (Å²) < 4.78 is 0. The Morgan fingerprint density at radius 2 is 1.95 bits per heavy atom. The van der Waals surface area contributed by atoms with E-state index in [1.54, 1.807) is 24.5 Å². The molecule has 1 aliphatic heterocycles. The van der Waals surface area contributed by atoms with Crippen LogP contribution in [0, 0.1) is 0 Å². The molecule has 114 valence electrons. The van der Waals surface area contributed by atoms with Crippen molar-refractivity contribution < 1.29 is 9.90 Å².